The average molecular weight is 396 g/mol. The zero-order valence-corrected chi connectivity index (χ0v) is 16.7. The lowest BCUT2D eigenvalue weighted by Crippen LogP contribution is -2.67. The second-order valence-corrected chi connectivity index (χ2v) is 7.87. The molecule has 0 saturated carbocycles. The van der Waals surface area contributed by atoms with Crippen LogP contribution in [0.5, 0.6) is 0 Å². The zero-order valence-electron chi connectivity index (χ0n) is 16.7. The topological polar surface area (TPSA) is 57.7 Å². The lowest BCUT2D eigenvalue weighted by atomic mass is 9.86. The second-order valence-electron chi connectivity index (χ2n) is 7.87. The molecule has 3 amide bonds. The van der Waals surface area contributed by atoms with Gasteiger partial charge in [-0.2, -0.15) is 0 Å². The van der Waals surface area contributed by atoms with Crippen molar-refractivity contribution in [3.63, 3.8) is 0 Å². The number of rotatable bonds is 3. The van der Waals surface area contributed by atoms with Gasteiger partial charge in [-0.25, -0.2) is 0 Å². The summed E-state index contributed by atoms with van der Waals surface area (Å²) in [5, 5.41) is 0. The normalized spacial score (nSPS) is 20.4. The van der Waals surface area contributed by atoms with Crippen molar-refractivity contribution in [3.8, 4) is 0 Å². The molecule has 0 bridgehead atoms. The maximum absolute atomic E-state index is 13.3. The maximum Gasteiger partial charge on any atom is 0.262 e. The predicted molar refractivity (Wildman–Crippen MR) is 113 cm³/mol. The fourth-order valence-corrected chi connectivity index (χ4v) is 4.27. The Labute approximate surface area is 174 Å². The van der Waals surface area contributed by atoms with Gasteiger partial charge in [-0.1, -0.05) is 59.7 Å². The highest BCUT2D eigenvalue weighted by atomic mass is 16.2. The number of hydrogen-bond acceptors (Lipinski definition) is 3. The lowest BCUT2D eigenvalue weighted by Gasteiger charge is -2.49. The summed E-state index contributed by atoms with van der Waals surface area (Å²) in [5.41, 5.74) is 4.55. The van der Waals surface area contributed by atoms with Gasteiger partial charge in [-0.05, 0) is 43.7 Å². The van der Waals surface area contributed by atoms with Crippen LogP contribution in [0.1, 0.15) is 43.4 Å². The largest absolute Gasteiger partial charge is 0.300 e. The maximum atomic E-state index is 13.3. The summed E-state index contributed by atoms with van der Waals surface area (Å²) < 4.78 is 0. The molecule has 148 valence electrons. The van der Waals surface area contributed by atoms with Crippen LogP contribution in [-0.4, -0.2) is 28.7 Å². The number of anilines is 1. The molecule has 2 aliphatic rings. The van der Waals surface area contributed by atoms with Gasteiger partial charge in [0.25, 0.3) is 17.7 Å². The minimum absolute atomic E-state index is 0.251. The van der Waals surface area contributed by atoms with Crippen molar-refractivity contribution in [3.05, 3.63) is 101 Å². The Morgan fingerprint density at radius 3 is 1.63 bits per heavy atom. The van der Waals surface area contributed by atoms with Crippen LogP contribution in [0.25, 0.3) is 0 Å². The first-order valence-corrected chi connectivity index (χ1v) is 9.90. The molecule has 0 aliphatic carbocycles. The molecule has 0 aromatic heterocycles. The molecular weight excluding hydrogens is 376 g/mol. The summed E-state index contributed by atoms with van der Waals surface area (Å²) in [5.74, 6) is -1.07. The first kappa shape index (κ1) is 18.3. The van der Waals surface area contributed by atoms with E-state index in [1.54, 1.807) is 29.2 Å². The number of benzene rings is 3. The average Bonchev–Trinajstić information content (AvgIpc) is 3.00. The lowest BCUT2D eigenvalue weighted by molar-refractivity contribution is -0.130. The monoisotopic (exact) mass is 396 g/mol. The van der Waals surface area contributed by atoms with Gasteiger partial charge in [0.1, 0.15) is 6.04 Å². The van der Waals surface area contributed by atoms with Crippen molar-refractivity contribution in [1.82, 2.24) is 4.90 Å². The van der Waals surface area contributed by atoms with Crippen LogP contribution in [0, 0.1) is 13.8 Å². The molecule has 0 N–H and O–H groups in total. The van der Waals surface area contributed by atoms with Gasteiger partial charge >= 0.3 is 0 Å². The summed E-state index contributed by atoms with van der Waals surface area (Å²) in [6.07, 6.45) is 0. The Morgan fingerprint density at radius 1 is 0.600 bits per heavy atom. The Bertz CT molecular complexity index is 1150. The first-order valence-electron chi connectivity index (χ1n) is 9.90. The van der Waals surface area contributed by atoms with Gasteiger partial charge in [0.2, 0.25) is 0 Å². The van der Waals surface area contributed by atoms with Crippen LogP contribution < -0.4 is 4.90 Å². The molecule has 30 heavy (non-hydrogen) atoms. The minimum Gasteiger partial charge on any atom is -0.300 e. The van der Waals surface area contributed by atoms with Crippen molar-refractivity contribution >= 4 is 23.4 Å². The molecule has 2 aliphatic heterocycles. The van der Waals surface area contributed by atoms with E-state index in [-0.39, 0.29) is 5.91 Å². The van der Waals surface area contributed by atoms with E-state index in [1.807, 2.05) is 62.4 Å². The molecule has 0 unspecified atom stereocenters. The van der Waals surface area contributed by atoms with Gasteiger partial charge in [-0.15, -0.1) is 0 Å². The van der Waals surface area contributed by atoms with Crippen molar-refractivity contribution in [1.29, 1.82) is 0 Å². The van der Waals surface area contributed by atoms with Crippen LogP contribution in [0.4, 0.5) is 5.69 Å². The molecule has 3 aromatic rings. The first-order chi connectivity index (χ1) is 14.5. The van der Waals surface area contributed by atoms with Gasteiger partial charge in [0.15, 0.2) is 0 Å². The summed E-state index contributed by atoms with van der Waals surface area (Å²) >= 11 is 0. The van der Waals surface area contributed by atoms with E-state index in [1.165, 1.54) is 0 Å². The third kappa shape index (κ3) is 2.59. The van der Waals surface area contributed by atoms with Crippen LogP contribution >= 0.6 is 0 Å². The smallest absolute Gasteiger partial charge is 0.262 e. The molecule has 5 nitrogen and oxygen atoms in total. The number of nitrogens with zero attached hydrogens (tertiary/aromatic N) is 2. The van der Waals surface area contributed by atoms with Crippen molar-refractivity contribution in [2.45, 2.75) is 25.9 Å². The van der Waals surface area contributed by atoms with Gasteiger partial charge in [0, 0.05) is 5.69 Å². The van der Waals surface area contributed by atoms with Crippen molar-refractivity contribution < 1.29 is 14.4 Å². The third-order valence-electron chi connectivity index (χ3n) is 5.90. The summed E-state index contributed by atoms with van der Waals surface area (Å²) in [4.78, 5) is 42.2. The summed E-state index contributed by atoms with van der Waals surface area (Å²) in [6, 6.07) is 21.0. The Kier molecular flexibility index (Phi) is 4.07. The van der Waals surface area contributed by atoms with Crippen molar-refractivity contribution in [2.24, 2.45) is 0 Å². The molecule has 3 aromatic carbocycles. The predicted octanol–water partition coefficient (Wildman–Crippen LogP) is 4.06. The number of imide groups is 1. The van der Waals surface area contributed by atoms with Crippen LogP contribution in [0.3, 0.4) is 0 Å². The van der Waals surface area contributed by atoms with Gasteiger partial charge < -0.3 is 4.90 Å². The minimum atomic E-state index is -0.860. The van der Waals surface area contributed by atoms with E-state index in [9.17, 15) is 14.4 Å². The van der Waals surface area contributed by atoms with E-state index in [0.717, 1.165) is 27.3 Å². The molecule has 0 spiro atoms. The second kappa shape index (κ2) is 6.66. The Hall–Kier alpha value is -3.73. The summed E-state index contributed by atoms with van der Waals surface area (Å²) in [6.45, 7) is 3.98. The number of fused-ring (bicyclic) bond motifs is 1. The zero-order chi connectivity index (χ0) is 21.0. The number of aryl methyl sites for hydroxylation is 2. The van der Waals surface area contributed by atoms with E-state index in [0.29, 0.717) is 11.1 Å². The number of hydrogen-bond donors (Lipinski definition) is 0. The SMILES string of the molecule is Cc1ccc([C@H]2[C@H](N3C(=O)c4ccccc4C3=O)C(=O)N2c2ccc(C)cc2)cc1. The summed E-state index contributed by atoms with van der Waals surface area (Å²) in [7, 11) is 0. The molecule has 1 fully saturated rings. The quantitative estimate of drug-likeness (QED) is 0.496. The fourth-order valence-electron chi connectivity index (χ4n) is 4.27. The molecular formula is C25H20N2O3. The van der Waals surface area contributed by atoms with E-state index in [2.05, 4.69) is 0 Å². The van der Waals surface area contributed by atoms with Crippen LogP contribution in [0.15, 0.2) is 72.8 Å². The van der Waals surface area contributed by atoms with E-state index in [4.69, 9.17) is 0 Å². The molecule has 5 rings (SSSR count). The number of carbonyl (C=O) groups is 3. The highest BCUT2D eigenvalue weighted by Crippen LogP contribution is 2.44. The van der Waals surface area contributed by atoms with Gasteiger partial charge in [0.05, 0.1) is 17.2 Å². The number of β-lactam (4-membered cyclic amide) rings is 1. The fraction of sp³-hybridized carbons (Fsp3) is 0.160. The van der Waals surface area contributed by atoms with Crippen LogP contribution in [-0.2, 0) is 4.79 Å². The molecule has 1 saturated heterocycles. The molecule has 2 heterocycles. The number of carbonyl (C=O) groups excluding carboxylic acids is 3. The third-order valence-corrected chi connectivity index (χ3v) is 5.90. The van der Waals surface area contributed by atoms with Crippen molar-refractivity contribution in [2.75, 3.05) is 4.90 Å². The highest BCUT2D eigenvalue weighted by molar-refractivity contribution is 6.24. The van der Waals surface area contributed by atoms with E-state index >= 15 is 0 Å². The van der Waals surface area contributed by atoms with Crippen LogP contribution in [0.2, 0.25) is 0 Å². The van der Waals surface area contributed by atoms with E-state index < -0.39 is 23.9 Å². The number of amides is 3. The molecule has 2 atom stereocenters. The Morgan fingerprint density at radius 2 is 1.10 bits per heavy atom. The Balaban J connectivity index is 1.58. The molecule has 5 heteroatoms. The standard InChI is InChI=1S/C25H20N2O3/c1-15-7-11-17(12-8-15)21-22(25(30)26(21)18-13-9-16(2)10-14-18)27-23(28)19-5-3-4-6-20(19)24(27)29/h3-14,21-22H,1-2H3/t21-,22-/m0/s1. The molecule has 0 radical (unpaired) electrons. The van der Waals surface area contributed by atoms with Gasteiger partial charge in [-0.3, -0.25) is 19.3 Å². The highest BCUT2D eigenvalue weighted by Gasteiger charge is 2.57.